The summed E-state index contributed by atoms with van der Waals surface area (Å²) < 4.78 is 4.70. The van der Waals surface area contributed by atoms with Crippen molar-refractivity contribution in [2.45, 2.75) is 0 Å². The van der Waals surface area contributed by atoms with E-state index < -0.39 is 5.97 Å². The van der Waals surface area contributed by atoms with Gasteiger partial charge >= 0.3 is 5.97 Å². The average molecular weight is 348 g/mol. The number of amides is 1. The molecule has 1 heterocycles. The Morgan fingerprint density at radius 2 is 1.73 bits per heavy atom. The van der Waals surface area contributed by atoms with E-state index in [-0.39, 0.29) is 17.5 Å². The highest BCUT2D eigenvalue weighted by molar-refractivity contribution is 6.03. The molecule has 2 aromatic carbocycles. The molecule has 26 heavy (non-hydrogen) atoms. The maximum atomic E-state index is 12.3. The smallest absolute Gasteiger partial charge is 0.337 e. The van der Waals surface area contributed by atoms with E-state index >= 15 is 0 Å². The van der Waals surface area contributed by atoms with E-state index in [9.17, 15) is 9.59 Å². The van der Waals surface area contributed by atoms with Crippen molar-refractivity contribution in [3.05, 3.63) is 78.1 Å². The number of ether oxygens (including phenoxy) is 1. The molecule has 130 valence electrons. The topological polar surface area (TPSA) is 93.2 Å². The van der Waals surface area contributed by atoms with E-state index in [4.69, 9.17) is 4.74 Å². The van der Waals surface area contributed by atoms with Gasteiger partial charge in [0.05, 0.1) is 12.7 Å². The lowest BCUT2D eigenvalue weighted by Crippen LogP contribution is -2.14. The van der Waals surface area contributed by atoms with Gasteiger partial charge in [-0.15, -0.1) is 0 Å². The molecule has 0 unspecified atom stereocenters. The van der Waals surface area contributed by atoms with Crippen molar-refractivity contribution in [2.75, 3.05) is 17.7 Å². The summed E-state index contributed by atoms with van der Waals surface area (Å²) >= 11 is 0. The summed E-state index contributed by atoms with van der Waals surface area (Å²) in [4.78, 5) is 32.2. The molecule has 0 bridgehead atoms. The molecule has 0 atom stereocenters. The van der Waals surface area contributed by atoms with Crippen LogP contribution in [0.3, 0.4) is 0 Å². The van der Waals surface area contributed by atoms with E-state index in [1.165, 1.54) is 19.4 Å². The van der Waals surface area contributed by atoms with Crippen LogP contribution < -0.4 is 10.6 Å². The average Bonchev–Trinajstić information content (AvgIpc) is 2.68. The van der Waals surface area contributed by atoms with Crippen LogP contribution in [0.2, 0.25) is 0 Å². The molecular formula is C19H16N4O3. The van der Waals surface area contributed by atoms with Crippen molar-refractivity contribution in [2.24, 2.45) is 0 Å². The molecule has 0 saturated heterocycles. The lowest BCUT2D eigenvalue weighted by atomic mass is 10.2. The highest BCUT2D eigenvalue weighted by Crippen LogP contribution is 2.16. The van der Waals surface area contributed by atoms with E-state index in [0.29, 0.717) is 16.9 Å². The second kappa shape index (κ2) is 7.89. The summed E-state index contributed by atoms with van der Waals surface area (Å²) in [5, 5.41) is 5.74. The second-order valence-corrected chi connectivity index (χ2v) is 5.28. The quantitative estimate of drug-likeness (QED) is 0.688. The van der Waals surface area contributed by atoms with E-state index in [0.717, 1.165) is 0 Å². The molecule has 0 spiro atoms. The minimum Gasteiger partial charge on any atom is -0.465 e. The summed E-state index contributed by atoms with van der Waals surface area (Å²) in [6.45, 7) is 0. The Morgan fingerprint density at radius 3 is 2.50 bits per heavy atom. The zero-order valence-electron chi connectivity index (χ0n) is 14.0. The number of anilines is 3. The predicted octanol–water partition coefficient (Wildman–Crippen LogP) is 3.26. The van der Waals surface area contributed by atoms with Gasteiger partial charge in [-0.3, -0.25) is 4.79 Å². The van der Waals surface area contributed by atoms with Crippen molar-refractivity contribution in [3.63, 3.8) is 0 Å². The van der Waals surface area contributed by atoms with Crippen LogP contribution in [-0.4, -0.2) is 29.0 Å². The number of hydrogen-bond acceptors (Lipinski definition) is 6. The molecular weight excluding hydrogens is 332 g/mol. The van der Waals surface area contributed by atoms with Gasteiger partial charge in [-0.25, -0.2) is 14.8 Å². The Kier molecular flexibility index (Phi) is 5.19. The van der Waals surface area contributed by atoms with Crippen molar-refractivity contribution in [1.82, 2.24) is 9.97 Å². The van der Waals surface area contributed by atoms with Crippen molar-refractivity contribution in [1.29, 1.82) is 0 Å². The van der Waals surface area contributed by atoms with Gasteiger partial charge in [-0.05, 0) is 36.4 Å². The SMILES string of the molecule is COC(=O)c1cccc(Nc2nccc(C(=O)Nc3ccccc3)n2)c1. The molecule has 0 fully saturated rings. The summed E-state index contributed by atoms with van der Waals surface area (Å²) in [6.07, 6.45) is 1.49. The first-order valence-electron chi connectivity index (χ1n) is 7.80. The Bertz CT molecular complexity index is 929. The predicted molar refractivity (Wildman–Crippen MR) is 97.5 cm³/mol. The summed E-state index contributed by atoms with van der Waals surface area (Å²) in [5.41, 5.74) is 1.90. The number of aromatic nitrogens is 2. The molecule has 1 aromatic heterocycles. The van der Waals surface area contributed by atoms with Crippen molar-refractivity contribution in [3.8, 4) is 0 Å². The highest BCUT2D eigenvalue weighted by Gasteiger charge is 2.10. The van der Waals surface area contributed by atoms with Gasteiger partial charge in [0.25, 0.3) is 5.91 Å². The van der Waals surface area contributed by atoms with Crippen LogP contribution in [-0.2, 0) is 4.74 Å². The van der Waals surface area contributed by atoms with E-state index in [2.05, 4.69) is 20.6 Å². The Morgan fingerprint density at radius 1 is 0.962 bits per heavy atom. The first kappa shape index (κ1) is 17.1. The molecule has 7 heteroatoms. The van der Waals surface area contributed by atoms with E-state index in [1.54, 1.807) is 36.4 Å². The molecule has 0 radical (unpaired) electrons. The summed E-state index contributed by atoms with van der Waals surface area (Å²) in [7, 11) is 1.32. The van der Waals surface area contributed by atoms with Gasteiger partial charge in [-0.2, -0.15) is 0 Å². The standard InChI is InChI=1S/C19H16N4O3/c1-26-18(25)13-6-5-9-15(12-13)22-19-20-11-10-16(23-19)17(24)21-14-7-3-2-4-8-14/h2-12H,1H3,(H,21,24)(H,20,22,23). The number of para-hydroxylation sites is 1. The number of nitrogens with zero attached hydrogens (tertiary/aromatic N) is 2. The number of carbonyl (C=O) groups excluding carboxylic acids is 2. The van der Waals surface area contributed by atoms with Gasteiger partial charge < -0.3 is 15.4 Å². The monoisotopic (exact) mass is 348 g/mol. The fourth-order valence-corrected chi connectivity index (χ4v) is 2.23. The zero-order chi connectivity index (χ0) is 18.4. The van der Waals surface area contributed by atoms with Gasteiger partial charge in [0.15, 0.2) is 0 Å². The van der Waals surface area contributed by atoms with Crippen LogP contribution in [0.5, 0.6) is 0 Å². The van der Waals surface area contributed by atoms with Crippen LogP contribution in [0.15, 0.2) is 66.9 Å². The molecule has 1 amide bonds. The lowest BCUT2D eigenvalue weighted by molar-refractivity contribution is 0.0600. The minimum atomic E-state index is -0.439. The third-order valence-electron chi connectivity index (χ3n) is 3.46. The summed E-state index contributed by atoms with van der Waals surface area (Å²) in [6, 6.07) is 17.3. The normalized spacial score (nSPS) is 10.0. The second-order valence-electron chi connectivity index (χ2n) is 5.28. The van der Waals surface area contributed by atoms with E-state index in [1.807, 2.05) is 18.2 Å². The van der Waals surface area contributed by atoms with Crippen LogP contribution in [0, 0.1) is 0 Å². The first-order valence-corrected chi connectivity index (χ1v) is 7.80. The number of hydrogen-bond donors (Lipinski definition) is 2. The molecule has 3 rings (SSSR count). The van der Waals surface area contributed by atoms with Gasteiger partial charge in [0, 0.05) is 17.6 Å². The number of rotatable bonds is 5. The van der Waals surface area contributed by atoms with Crippen molar-refractivity contribution >= 4 is 29.2 Å². The molecule has 7 nitrogen and oxygen atoms in total. The zero-order valence-corrected chi connectivity index (χ0v) is 14.0. The van der Waals surface area contributed by atoms with Crippen LogP contribution >= 0.6 is 0 Å². The Labute approximate surface area is 150 Å². The minimum absolute atomic E-state index is 0.218. The molecule has 0 saturated carbocycles. The van der Waals surface area contributed by atoms with Crippen LogP contribution in [0.25, 0.3) is 0 Å². The number of esters is 1. The third-order valence-corrected chi connectivity index (χ3v) is 3.46. The third kappa shape index (κ3) is 4.21. The van der Waals surface area contributed by atoms with Crippen molar-refractivity contribution < 1.29 is 14.3 Å². The van der Waals surface area contributed by atoms with Crippen LogP contribution in [0.4, 0.5) is 17.3 Å². The number of methoxy groups -OCH3 is 1. The number of nitrogens with one attached hydrogen (secondary N) is 2. The Hall–Kier alpha value is -3.74. The number of benzene rings is 2. The summed E-state index contributed by atoms with van der Waals surface area (Å²) in [5.74, 6) is -0.539. The largest absolute Gasteiger partial charge is 0.465 e. The van der Waals surface area contributed by atoms with Gasteiger partial charge in [0.2, 0.25) is 5.95 Å². The Balaban J connectivity index is 1.75. The molecule has 2 N–H and O–H groups in total. The molecule has 3 aromatic rings. The lowest BCUT2D eigenvalue weighted by Gasteiger charge is -2.08. The number of carbonyl (C=O) groups is 2. The fourth-order valence-electron chi connectivity index (χ4n) is 2.23. The molecule has 0 aliphatic rings. The molecule has 0 aliphatic carbocycles. The molecule has 0 aliphatic heterocycles. The fraction of sp³-hybridized carbons (Fsp3) is 0.0526. The maximum Gasteiger partial charge on any atom is 0.337 e. The maximum absolute atomic E-state index is 12.3. The highest BCUT2D eigenvalue weighted by atomic mass is 16.5. The van der Waals surface area contributed by atoms with Crippen LogP contribution in [0.1, 0.15) is 20.8 Å². The first-order chi connectivity index (χ1) is 12.7. The van der Waals surface area contributed by atoms with Gasteiger partial charge in [-0.1, -0.05) is 24.3 Å². The van der Waals surface area contributed by atoms with Gasteiger partial charge in [0.1, 0.15) is 5.69 Å².